The van der Waals surface area contributed by atoms with Gasteiger partial charge >= 0.3 is 6.09 Å². The smallest absolute Gasteiger partial charge is 0.407 e. The molecule has 2 aliphatic carbocycles. The van der Waals surface area contributed by atoms with Crippen molar-refractivity contribution in [2.24, 2.45) is 0 Å². The largest absolute Gasteiger partial charge is 0.444 e. The number of fused-ring (bicyclic) bond motifs is 1. The van der Waals surface area contributed by atoms with E-state index in [0.29, 0.717) is 6.54 Å². The highest BCUT2D eigenvalue weighted by Gasteiger charge is 2.19. The molecule has 0 spiro atoms. The molecule has 1 atom stereocenters. The van der Waals surface area contributed by atoms with Crippen molar-refractivity contribution < 1.29 is 9.53 Å². The molecule has 86 valence electrons. The summed E-state index contributed by atoms with van der Waals surface area (Å²) in [5.41, 5.74) is 4.50. The maximum absolute atomic E-state index is 10.3. The van der Waals surface area contributed by atoms with Gasteiger partial charge in [0.2, 0.25) is 0 Å². The first kappa shape index (κ1) is 11.0. The van der Waals surface area contributed by atoms with Crippen LogP contribution in [0.15, 0.2) is 18.2 Å². The van der Waals surface area contributed by atoms with Gasteiger partial charge in [0.05, 0.1) is 6.54 Å². The summed E-state index contributed by atoms with van der Waals surface area (Å²) in [6.45, 7) is 4.86. The van der Waals surface area contributed by atoms with Crippen molar-refractivity contribution in [1.29, 1.82) is 0 Å². The van der Waals surface area contributed by atoms with E-state index in [9.17, 15) is 4.79 Å². The summed E-state index contributed by atoms with van der Waals surface area (Å²) in [7, 11) is 0. The molecule has 1 unspecified atom stereocenters. The molecular formula is C13H17NO2. The lowest BCUT2D eigenvalue weighted by molar-refractivity contribution is 0.138. The Balaban J connectivity index is 0.000000120. The van der Waals surface area contributed by atoms with Gasteiger partial charge in [-0.2, -0.15) is 0 Å². The van der Waals surface area contributed by atoms with Crippen LogP contribution < -0.4 is 5.32 Å². The van der Waals surface area contributed by atoms with Crippen LogP contribution in [0.1, 0.15) is 25.8 Å². The Hall–Kier alpha value is -1.51. The number of hydrogen-bond donors (Lipinski definition) is 1. The molecular weight excluding hydrogens is 202 g/mol. The Kier molecular flexibility index (Phi) is 3.13. The van der Waals surface area contributed by atoms with Gasteiger partial charge in [-0.3, -0.25) is 0 Å². The number of alkyl carbamates (subject to hydrolysis) is 1. The van der Waals surface area contributed by atoms with Crippen LogP contribution in [0.4, 0.5) is 4.79 Å². The van der Waals surface area contributed by atoms with Gasteiger partial charge in [-0.25, -0.2) is 4.79 Å². The fourth-order valence-electron chi connectivity index (χ4n) is 1.82. The van der Waals surface area contributed by atoms with E-state index in [1.165, 1.54) is 23.1 Å². The summed E-state index contributed by atoms with van der Waals surface area (Å²) in [5, 5.41) is 2.56. The summed E-state index contributed by atoms with van der Waals surface area (Å²) in [4.78, 5) is 10.3. The Labute approximate surface area is 95.8 Å². The quantitative estimate of drug-likeness (QED) is 0.843. The van der Waals surface area contributed by atoms with Crippen LogP contribution in [-0.2, 0) is 11.2 Å². The average molecular weight is 219 g/mol. The molecule has 0 aromatic heterocycles. The van der Waals surface area contributed by atoms with E-state index in [4.69, 9.17) is 4.74 Å². The number of amides is 1. The van der Waals surface area contributed by atoms with Gasteiger partial charge < -0.3 is 10.1 Å². The topological polar surface area (TPSA) is 38.3 Å². The number of rotatable bonds is 2. The van der Waals surface area contributed by atoms with Crippen LogP contribution in [0.2, 0.25) is 0 Å². The third-order valence-corrected chi connectivity index (χ3v) is 3.00. The van der Waals surface area contributed by atoms with Crippen molar-refractivity contribution in [3.63, 3.8) is 0 Å². The molecule has 3 rings (SSSR count). The van der Waals surface area contributed by atoms with Crippen molar-refractivity contribution in [3.05, 3.63) is 23.8 Å². The number of carbonyl (C=O) groups is 1. The van der Waals surface area contributed by atoms with E-state index in [-0.39, 0.29) is 12.2 Å². The average Bonchev–Trinajstić information content (AvgIpc) is 2.69. The lowest BCUT2D eigenvalue weighted by Crippen LogP contribution is -2.13. The summed E-state index contributed by atoms with van der Waals surface area (Å²) < 4.78 is 4.76. The summed E-state index contributed by atoms with van der Waals surface area (Å²) in [5.74, 6) is 0. The molecule has 1 saturated heterocycles. The van der Waals surface area contributed by atoms with Gasteiger partial charge in [-0.1, -0.05) is 32.0 Å². The summed E-state index contributed by atoms with van der Waals surface area (Å²) in [6.07, 6.45) is 1.93. The zero-order valence-corrected chi connectivity index (χ0v) is 9.75. The zero-order chi connectivity index (χ0) is 11.5. The Morgan fingerprint density at radius 3 is 2.44 bits per heavy atom. The molecule has 1 aliphatic heterocycles. The highest BCUT2D eigenvalue weighted by Crippen LogP contribution is 2.36. The molecule has 0 aromatic carbocycles. The number of ether oxygens (including phenoxy) is 1. The van der Waals surface area contributed by atoms with Gasteiger partial charge in [0, 0.05) is 0 Å². The van der Waals surface area contributed by atoms with Gasteiger partial charge in [-0.05, 0) is 29.5 Å². The normalized spacial score (nSPS) is 19.4. The lowest BCUT2D eigenvalue weighted by atomic mass is 9.86. The van der Waals surface area contributed by atoms with Gasteiger partial charge in [0.25, 0.3) is 0 Å². The minimum absolute atomic E-state index is 0.113. The Bertz CT molecular complexity index is 401. The predicted octanol–water partition coefficient (Wildman–Crippen LogP) is 2.73. The standard InChI is InChI=1S/C8H8.C5H9NO2/c1-2-6-5-7-3-4-8(6)7;1-2-4-3-6-5(7)8-4/h3-5H,2H2,1H3;4H,2-3H2,1H3,(H,6,7). The first-order valence-electron chi connectivity index (χ1n) is 5.82. The molecule has 1 heterocycles. The van der Waals surface area contributed by atoms with Gasteiger partial charge in [-0.15, -0.1) is 0 Å². The molecule has 1 N–H and O–H groups in total. The number of cyclic esters (lactones) is 1. The zero-order valence-electron chi connectivity index (χ0n) is 9.75. The fraction of sp³-hybridized carbons (Fsp3) is 0.462. The molecule has 1 fully saturated rings. The predicted molar refractivity (Wildman–Crippen MR) is 63.4 cm³/mol. The van der Waals surface area contributed by atoms with Crippen molar-refractivity contribution in [1.82, 2.24) is 5.32 Å². The van der Waals surface area contributed by atoms with Crippen molar-refractivity contribution >= 4 is 6.09 Å². The fourth-order valence-corrected chi connectivity index (χ4v) is 1.82. The Morgan fingerprint density at radius 1 is 1.44 bits per heavy atom. The van der Waals surface area contributed by atoms with Crippen LogP contribution in [0.3, 0.4) is 0 Å². The van der Waals surface area contributed by atoms with E-state index < -0.39 is 0 Å². The molecule has 3 aliphatic rings. The summed E-state index contributed by atoms with van der Waals surface area (Å²) >= 11 is 0. The molecule has 16 heavy (non-hydrogen) atoms. The number of aryl methyl sites for hydroxylation is 1. The van der Waals surface area contributed by atoms with Crippen molar-refractivity contribution in [2.45, 2.75) is 32.8 Å². The second-order valence-corrected chi connectivity index (χ2v) is 4.04. The maximum atomic E-state index is 10.3. The monoisotopic (exact) mass is 219 g/mol. The third-order valence-electron chi connectivity index (χ3n) is 3.00. The SMILES string of the molecule is CCC1CNC(=O)O1.CCc1cc2ccc1-2. The molecule has 0 bridgehead atoms. The maximum Gasteiger partial charge on any atom is 0.407 e. The van der Waals surface area contributed by atoms with E-state index in [1.54, 1.807) is 0 Å². The van der Waals surface area contributed by atoms with Crippen LogP contribution >= 0.6 is 0 Å². The number of benzene rings is 1. The highest BCUT2D eigenvalue weighted by atomic mass is 16.6. The number of hydrogen-bond acceptors (Lipinski definition) is 2. The van der Waals surface area contributed by atoms with Crippen LogP contribution in [0, 0.1) is 0 Å². The van der Waals surface area contributed by atoms with Crippen molar-refractivity contribution in [2.75, 3.05) is 6.54 Å². The van der Waals surface area contributed by atoms with E-state index in [0.717, 1.165) is 6.42 Å². The van der Waals surface area contributed by atoms with E-state index >= 15 is 0 Å². The minimum Gasteiger partial charge on any atom is -0.444 e. The van der Waals surface area contributed by atoms with Crippen molar-refractivity contribution in [3.8, 4) is 11.1 Å². The molecule has 3 heteroatoms. The van der Waals surface area contributed by atoms with Gasteiger partial charge in [0.15, 0.2) is 0 Å². The third kappa shape index (κ3) is 2.03. The lowest BCUT2D eigenvalue weighted by Gasteiger charge is -2.19. The molecule has 0 aromatic rings. The van der Waals surface area contributed by atoms with Gasteiger partial charge in [0.1, 0.15) is 6.10 Å². The highest BCUT2D eigenvalue weighted by molar-refractivity contribution is 5.80. The molecule has 0 radical (unpaired) electrons. The van der Waals surface area contributed by atoms with Crippen LogP contribution in [0.5, 0.6) is 0 Å². The van der Waals surface area contributed by atoms with E-state index in [2.05, 4.69) is 30.4 Å². The van der Waals surface area contributed by atoms with E-state index in [1.807, 2.05) is 6.92 Å². The molecule has 3 nitrogen and oxygen atoms in total. The number of carbonyl (C=O) groups excluding carboxylic acids is 1. The molecule has 0 saturated carbocycles. The first-order valence-corrected chi connectivity index (χ1v) is 5.82. The first-order chi connectivity index (χ1) is 7.74. The number of nitrogens with one attached hydrogen (secondary N) is 1. The molecule has 1 amide bonds. The summed E-state index contributed by atoms with van der Waals surface area (Å²) in [6, 6.07) is 6.61. The second kappa shape index (κ2) is 4.56. The van der Waals surface area contributed by atoms with Crippen LogP contribution in [0.25, 0.3) is 11.1 Å². The minimum atomic E-state index is -0.281. The Morgan fingerprint density at radius 2 is 2.25 bits per heavy atom. The second-order valence-electron chi connectivity index (χ2n) is 4.04. The van der Waals surface area contributed by atoms with Crippen LogP contribution in [-0.4, -0.2) is 18.7 Å².